The molecule has 3 aromatic rings. The number of hydrogen-bond acceptors (Lipinski definition) is 2. The average Bonchev–Trinajstić information content (AvgIpc) is 3.06. The highest BCUT2D eigenvalue weighted by atomic mass is 19.1. The van der Waals surface area contributed by atoms with Gasteiger partial charge in [-0.3, -0.25) is 4.79 Å². The van der Waals surface area contributed by atoms with E-state index in [-0.39, 0.29) is 23.8 Å². The Morgan fingerprint density at radius 2 is 1.96 bits per heavy atom. The van der Waals surface area contributed by atoms with Crippen molar-refractivity contribution in [3.63, 3.8) is 0 Å². The first-order valence-corrected chi connectivity index (χ1v) is 9.25. The van der Waals surface area contributed by atoms with Gasteiger partial charge in [-0.15, -0.1) is 0 Å². The number of imidazole rings is 1. The molecule has 6 heteroatoms. The molecule has 0 saturated carbocycles. The lowest BCUT2D eigenvalue weighted by Gasteiger charge is -2.21. The third kappa shape index (κ3) is 4.15. The predicted octanol–water partition coefficient (Wildman–Crippen LogP) is 5.13. The van der Waals surface area contributed by atoms with Gasteiger partial charge < -0.3 is 9.88 Å². The number of anilines is 1. The minimum absolute atomic E-state index is 0.125. The van der Waals surface area contributed by atoms with Crippen LogP contribution in [-0.2, 0) is 17.8 Å². The van der Waals surface area contributed by atoms with Crippen LogP contribution in [-0.4, -0.2) is 15.9 Å². The molecule has 0 aliphatic carbocycles. The standard InChI is InChI=1S/C21H23F2N3O/c1-3-6-14-10-11-17-21(20(14)23)25-18(24-17)13-26(19(27)7-4-2)16-9-5-8-15(22)12-16/h5,8-12H,3-4,6-7,13H2,1-2H3,(H,24,25). The van der Waals surface area contributed by atoms with E-state index in [1.54, 1.807) is 24.3 Å². The van der Waals surface area contributed by atoms with Crippen molar-refractivity contribution in [1.29, 1.82) is 0 Å². The van der Waals surface area contributed by atoms with Crippen LogP contribution in [0.15, 0.2) is 36.4 Å². The van der Waals surface area contributed by atoms with Gasteiger partial charge in [0.1, 0.15) is 17.2 Å². The number of H-pyrrole nitrogens is 1. The molecular formula is C21H23F2N3O. The van der Waals surface area contributed by atoms with Crippen molar-refractivity contribution in [2.45, 2.75) is 46.1 Å². The number of aromatic nitrogens is 2. The van der Waals surface area contributed by atoms with Crippen LogP contribution in [0.25, 0.3) is 11.0 Å². The zero-order valence-electron chi connectivity index (χ0n) is 15.6. The molecule has 1 heterocycles. The molecule has 0 atom stereocenters. The summed E-state index contributed by atoms with van der Waals surface area (Å²) in [5, 5.41) is 0. The van der Waals surface area contributed by atoms with Crippen LogP contribution in [0.2, 0.25) is 0 Å². The molecule has 27 heavy (non-hydrogen) atoms. The molecule has 0 bridgehead atoms. The Kier molecular flexibility index (Phi) is 5.84. The van der Waals surface area contributed by atoms with E-state index < -0.39 is 5.82 Å². The Labute approximate surface area is 157 Å². The SMILES string of the molecule is CCCC(=O)N(Cc1nc2c(F)c(CCC)ccc2[nH]1)c1cccc(F)c1. The number of hydrogen-bond donors (Lipinski definition) is 1. The molecule has 0 unspecified atom stereocenters. The summed E-state index contributed by atoms with van der Waals surface area (Å²) in [6.45, 7) is 4.03. The van der Waals surface area contributed by atoms with Crippen molar-refractivity contribution in [3.05, 3.63) is 59.4 Å². The van der Waals surface area contributed by atoms with Gasteiger partial charge in [0.05, 0.1) is 12.1 Å². The summed E-state index contributed by atoms with van der Waals surface area (Å²) in [4.78, 5) is 21.5. The molecule has 4 nitrogen and oxygen atoms in total. The quantitative estimate of drug-likeness (QED) is 0.626. The summed E-state index contributed by atoms with van der Waals surface area (Å²) < 4.78 is 28.3. The third-order valence-corrected chi connectivity index (χ3v) is 4.43. The number of nitrogens with zero attached hydrogens (tertiary/aromatic N) is 2. The van der Waals surface area contributed by atoms with Crippen molar-refractivity contribution < 1.29 is 13.6 Å². The van der Waals surface area contributed by atoms with Gasteiger partial charge in [0, 0.05) is 12.1 Å². The Morgan fingerprint density at radius 1 is 1.15 bits per heavy atom. The summed E-state index contributed by atoms with van der Waals surface area (Å²) in [5.74, 6) is -0.405. The maximum Gasteiger partial charge on any atom is 0.227 e. The number of carbonyl (C=O) groups excluding carboxylic acids is 1. The second-order valence-corrected chi connectivity index (χ2v) is 6.58. The van der Waals surface area contributed by atoms with Crippen LogP contribution >= 0.6 is 0 Å². The molecule has 142 valence electrons. The molecule has 0 fully saturated rings. The first-order valence-electron chi connectivity index (χ1n) is 9.25. The predicted molar refractivity (Wildman–Crippen MR) is 103 cm³/mol. The molecular weight excluding hydrogens is 348 g/mol. The third-order valence-electron chi connectivity index (χ3n) is 4.43. The second kappa shape index (κ2) is 8.29. The number of halogens is 2. The number of fused-ring (bicyclic) bond motifs is 1. The molecule has 2 aromatic carbocycles. The fourth-order valence-electron chi connectivity index (χ4n) is 3.14. The van der Waals surface area contributed by atoms with Crippen molar-refractivity contribution >= 4 is 22.6 Å². The first-order chi connectivity index (χ1) is 13.0. The van der Waals surface area contributed by atoms with Crippen LogP contribution in [0.5, 0.6) is 0 Å². The van der Waals surface area contributed by atoms with Gasteiger partial charge in [0.25, 0.3) is 0 Å². The number of aromatic amines is 1. The van der Waals surface area contributed by atoms with Crippen molar-refractivity contribution in [1.82, 2.24) is 9.97 Å². The monoisotopic (exact) mass is 371 g/mol. The van der Waals surface area contributed by atoms with Crippen molar-refractivity contribution in [3.8, 4) is 0 Å². The molecule has 0 spiro atoms. The Hall–Kier alpha value is -2.76. The van der Waals surface area contributed by atoms with E-state index >= 15 is 0 Å². The number of nitrogens with one attached hydrogen (secondary N) is 1. The van der Waals surface area contributed by atoms with E-state index in [1.165, 1.54) is 17.0 Å². The Balaban J connectivity index is 1.95. The minimum Gasteiger partial charge on any atom is -0.340 e. The highest BCUT2D eigenvalue weighted by Gasteiger charge is 2.19. The van der Waals surface area contributed by atoms with Gasteiger partial charge in [-0.2, -0.15) is 0 Å². The molecule has 0 aliphatic heterocycles. The van der Waals surface area contributed by atoms with Crippen LogP contribution in [0.1, 0.15) is 44.5 Å². The Bertz CT molecular complexity index is 952. The molecule has 1 amide bonds. The summed E-state index contributed by atoms with van der Waals surface area (Å²) in [5.41, 5.74) is 1.95. The summed E-state index contributed by atoms with van der Waals surface area (Å²) in [7, 11) is 0. The van der Waals surface area contributed by atoms with E-state index in [9.17, 15) is 13.6 Å². The second-order valence-electron chi connectivity index (χ2n) is 6.58. The normalized spacial score (nSPS) is 11.1. The zero-order chi connectivity index (χ0) is 19.4. The highest BCUT2D eigenvalue weighted by Crippen LogP contribution is 2.23. The Morgan fingerprint density at radius 3 is 2.67 bits per heavy atom. The maximum absolute atomic E-state index is 14.6. The smallest absolute Gasteiger partial charge is 0.227 e. The fraction of sp³-hybridized carbons (Fsp3) is 0.333. The van der Waals surface area contributed by atoms with Gasteiger partial charge in [0.2, 0.25) is 5.91 Å². The zero-order valence-corrected chi connectivity index (χ0v) is 15.6. The van der Waals surface area contributed by atoms with Crippen LogP contribution < -0.4 is 4.90 Å². The minimum atomic E-state index is -0.415. The van der Waals surface area contributed by atoms with E-state index in [0.717, 1.165) is 6.42 Å². The van der Waals surface area contributed by atoms with Gasteiger partial charge in [-0.25, -0.2) is 13.8 Å². The number of carbonyl (C=O) groups is 1. The molecule has 0 aliphatic rings. The molecule has 1 aromatic heterocycles. The first kappa shape index (κ1) is 19.0. The van der Waals surface area contributed by atoms with Gasteiger partial charge in [-0.1, -0.05) is 32.4 Å². The highest BCUT2D eigenvalue weighted by molar-refractivity contribution is 5.93. The lowest BCUT2D eigenvalue weighted by Crippen LogP contribution is -2.30. The lowest BCUT2D eigenvalue weighted by molar-refractivity contribution is -0.118. The van der Waals surface area contributed by atoms with E-state index in [2.05, 4.69) is 9.97 Å². The number of benzene rings is 2. The van der Waals surface area contributed by atoms with Gasteiger partial charge in [-0.05, 0) is 42.7 Å². The van der Waals surface area contributed by atoms with Gasteiger partial charge in [0.15, 0.2) is 5.82 Å². The summed E-state index contributed by atoms with van der Waals surface area (Å²) in [6, 6.07) is 9.45. The van der Waals surface area contributed by atoms with Crippen LogP contribution in [0, 0.1) is 11.6 Å². The van der Waals surface area contributed by atoms with E-state index in [0.29, 0.717) is 41.9 Å². The number of rotatable bonds is 7. The van der Waals surface area contributed by atoms with Crippen molar-refractivity contribution in [2.24, 2.45) is 0 Å². The fourth-order valence-corrected chi connectivity index (χ4v) is 3.14. The van der Waals surface area contributed by atoms with E-state index in [4.69, 9.17) is 0 Å². The molecule has 3 rings (SSSR count). The number of aryl methyl sites for hydroxylation is 1. The molecule has 1 N–H and O–H groups in total. The molecule has 0 saturated heterocycles. The summed E-state index contributed by atoms with van der Waals surface area (Å²) in [6.07, 6.45) is 2.51. The van der Waals surface area contributed by atoms with Crippen LogP contribution in [0.4, 0.5) is 14.5 Å². The maximum atomic E-state index is 14.6. The van der Waals surface area contributed by atoms with Crippen molar-refractivity contribution in [2.75, 3.05) is 4.90 Å². The lowest BCUT2D eigenvalue weighted by atomic mass is 10.1. The summed E-state index contributed by atoms with van der Waals surface area (Å²) >= 11 is 0. The van der Waals surface area contributed by atoms with Crippen LogP contribution in [0.3, 0.4) is 0 Å². The number of amides is 1. The van der Waals surface area contributed by atoms with Gasteiger partial charge >= 0.3 is 0 Å². The topological polar surface area (TPSA) is 49.0 Å². The average molecular weight is 371 g/mol. The van der Waals surface area contributed by atoms with E-state index in [1.807, 2.05) is 13.8 Å². The largest absolute Gasteiger partial charge is 0.340 e. The molecule has 0 radical (unpaired) electrons.